The van der Waals surface area contributed by atoms with Crippen LogP contribution in [0.2, 0.25) is 0 Å². The summed E-state index contributed by atoms with van der Waals surface area (Å²) in [6.07, 6.45) is 1.39. The van der Waals surface area contributed by atoms with Crippen molar-refractivity contribution in [2.24, 2.45) is 5.41 Å². The maximum atomic E-state index is 11.0. The Bertz CT molecular complexity index is 424. The number of aromatic nitrogens is 1. The summed E-state index contributed by atoms with van der Waals surface area (Å²) in [5.74, 6) is -0.415. The van der Waals surface area contributed by atoms with Crippen molar-refractivity contribution in [1.82, 2.24) is 4.98 Å². The van der Waals surface area contributed by atoms with Crippen molar-refractivity contribution >= 4 is 17.5 Å². The minimum atomic E-state index is -1.03. The van der Waals surface area contributed by atoms with E-state index in [9.17, 15) is 4.79 Å². The molecule has 0 spiro atoms. The van der Waals surface area contributed by atoms with Crippen molar-refractivity contribution < 1.29 is 9.90 Å². The van der Waals surface area contributed by atoms with Gasteiger partial charge in [0.1, 0.15) is 5.82 Å². The van der Waals surface area contributed by atoms with Crippen LogP contribution in [0.1, 0.15) is 31.1 Å². The van der Waals surface area contributed by atoms with Gasteiger partial charge in [-0.15, -0.1) is 0 Å². The van der Waals surface area contributed by atoms with Gasteiger partial charge in [0.2, 0.25) is 0 Å². The predicted molar refractivity (Wildman–Crippen MR) is 68.3 cm³/mol. The fourth-order valence-electron chi connectivity index (χ4n) is 1.64. The summed E-state index contributed by atoms with van der Waals surface area (Å²) in [6.45, 7) is 7.11. The van der Waals surface area contributed by atoms with E-state index < -0.39 is 5.97 Å². The van der Waals surface area contributed by atoms with Crippen molar-refractivity contribution in [3.8, 4) is 0 Å². The third kappa shape index (κ3) is 3.62. The van der Waals surface area contributed by atoms with Crippen molar-refractivity contribution in [3.05, 3.63) is 17.8 Å². The van der Waals surface area contributed by atoms with Crippen LogP contribution in [-0.4, -0.2) is 29.7 Å². The maximum Gasteiger partial charge on any atom is 0.337 e. The molecule has 1 heterocycles. The number of rotatable bonds is 3. The molecule has 0 bridgehead atoms. The fraction of sp³-hybridized carbons (Fsp3) is 0.500. The maximum absolute atomic E-state index is 11.0. The first kappa shape index (κ1) is 13.3. The SMILES string of the molecule is CN(CC(C)(C)C)c1cc(C(=O)O)c(N)cn1. The Kier molecular flexibility index (Phi) is 3.60. The number of carboxylic acid groups (broad SMARTS) is 1. The lowest BCUT2D eigenvalue weighted by Crippen LogP contribution is -2.29. The number of carbonyl (C=O) groups is 1. The van der Waals surface area contributed by atoms with E-state index in [1.807, 2.05) is 11.9 Å². The third-order valence-electron chi connectivity index (χ3n) is 2.25. The van der Waals surface area contributed by atoms with Gasteiger partial charge in [-0.2, -0.15) is 0 Å². The van der Waals surface area contributed by atoms with Crippen molar-refractivity contribution in [1.29, 1.82) is 0 Å². The van der Waals surface area contributed by atoms with Crippen LogP contribution in [0.25, 0.3) is 0 Å². The van der Waals surface area contributed by atoms with E-state index in [4.69, 9.17) is 10.8 Å². The average Bonchev–Trinajstić information content (AvgIpc) is 2.14. The third-order valence-corrected chi connectivity index (χ3v) is 2.25. The number of carboxylic acids is 1. The lowest BCUT2D eigenvalue weighted by molar-refractivity contribution is 0.0698. The Morgan fingerprint density at radius 3 is 2.59 bits per heavy atom. The number of nitrogens with zero attached hydrogens (tertiary/aromatic N) is 2. The summed E-state index contributed by atoms with van der Waals surface area (Å²) in [6, 6.07) is 1.50. The molecular weight excluding hydrogens is 218 g/mol. The quantitative estimate of drug-likeness (QED) is 0.838. The second kappa shape index (κ2) is 4.61. The Labute approximate surface area is 101 Å². The van der Waals surface area contributed by atoms with E-state index in [1.54, 1.807) is 0 Å². The minimum absolute atomic E-state index is 0.0933. The molecule has 5 nitrogen and oxygen atoms in total. The molecule has 0 saturated heterocycles. The molecule has 17 heavy (non-hydrogen) atoms. The summed E-state index contributed by atoms with van der Waals surface area (Å²) in [5, 5.41) is 8.98. The molecule has 1 aromatic heterocycles. The van der Waals surface area contributed by atoms with Crippen molar-refractivity contribution in [2.75, 3.05) is 24.2 Å². The van der Waals surface area contributed by atoms with Gasteiger partial charge in [0.15, 0.2) is 0 Å². The number of nitrogen functional groups attached to an aromatic ring is 1. The number of nitrogens with two attached hydrogens (primary N) is 1. The van der Waals surface area contributed by atoms with Crippen molar-refractivity contribution in [2.45, 2.75) is 20.8 Å². The average molecular weight is 237 g/mol. The first-order chi connectivity index (χ1) is 7.70. The van der Waals surface area contributed by atoms with Gasteiger partial charge < -0.3 is 15.7 Å². The number of hydrogen-bond acceptors (Lipinski definition) is 4. The molecule has 0 saturated carbocycles. The standard InChI is InChI=1S/C12H19N3O2/c1-12(2,3)7-15(4)10-5-8(11(16)17)9(13)6-14-10/h5-6H,7,13H2,1-4H3,(H,16,17). The molecule has 0 aliphatic rings. The van der Waals surface area contributed by atoms with Gasteiger partial charge in [-0.3, -0.25) is 0 Å². The molecule has 1 aromatic rings. The van der Waals surface area contributed by atoms with Gasteiger partial charge in [0.05, 0.1) is 17.4 Å². The summed E-state index contributed by atoms with van der Waals surface area (Å²) in [7, 11) is 1.88. The molecule has 0 aromatic carbocycles. The van der Waals surface area contributed by atoms with E-state index in [1.165, 1.54) is 12.3 Å². The van der Waals surface area contributed by atoms with Crippen LogP contribution in [0, 0.1) is 5.41 Å². The molecule has 0 aliphatic carbocycles. The molecule has 0 radical (unpaired) electrons. The predicted octanol–water partition coefficient (Wildman–Crippen LogP) is 1.84. The smallest absolute Gasteiger partial charge is 0.337 e. The molecular formula is C12H19N3O2. The van der Waals surface area contributed by atoms with Gasteiger partial charge in [0, 0.05) is 13.6 Å². The highest BCUT2D eigenvalue weighted by Crippen LogP contribution is 2.21. The fourth-order valence-corrected chi connectivity index (χ4v) is 1.64. The van der Waals surface area contributed by atoms with Crippen LogP contribution < -0.4 is 10.6 Å². The van der Waals surface area contributed by atoms with Crippen LogP contribution in [0.15, 0.2) is 12.3 Å². The Morgan fingerprint density at radius 1 is 1.53 bits per heavy atom. The summed E-state index contributed by atoms with van der Waals surface area (Å²) < 4.78 is 0. The van der Waals surface area contributed by atoms with Gasteiger partial charge in [0.25, 0.3) is 0 Å². The van der Waals surface area contributed by atoms with Gasteiger partial charge in [-0.25, -0.2) is 9.78 Å². The molecule has 0 unspecified atom stereocenters. The zero-order chi connectivity index (χ0) is 13.2. The summed E-state index contributed by atoms with van der Waals surface area (Å²) in [5.41, 5.74) is 5.95. The second-order valence-electron chi connectivity index (χ2n) is 5.35. The molecule has 0 fully saturated rings. The second-order valence-corrected chi connectivity index (χ2v) is 5.35. The largest absolute Gasteiger partial charge is 0.478 e. The van der Waals surface area contributed by atoms with Crippen LogP contribution in [0.4, 0.5) is 11.5 Å². The van der Waals surface area contributed by atoms with Crippen LogP contribution >= 0.6 is 0 Å². The summed E-state index contributed by atoms with van der Waals surface area (Å²) >= 11 is 0. The monoisotopic (exact) mass is 237 g/mol. The minimum Gasteiger partial charge on any atom is -0.478 e. The normalized spacial score (nSPS) is 11.3. The van der Waals surface area contributed by atoms with Crippen LogP contribution in [0.5, 0.6) is 0 Å². The highest BCUT2D eigenvalue weighted by Gasteiger charge is 2.17. The number of pyridine rings is 1. The molecule has 1 rings (SSSR count). The highest BCUT2D eigenvalue weighted by molar-refractivity contribution is 5.94. The van der Waals surface area contributed by atoms with E-state index in [0.29, 0.717) is 5.82 Å². The van der Waals surface area contributed by atoms with E-state index in [2.05, 4.69) is 25.8 Å². The Morgan fingerprint density at radius 2 is 2.12 bits per heavy atom. The van der Waals surface area contributed by atoms with Gasteiger partial charge in [-0.05, 0) is 11.5 Å². The highest BCUT2D eigenvalue weighted by atomic mass is 16.4. The van der Waals surface area contributed by atoms with Crippen molar-refractivity contribution in [3.63, 3.8) is 0 Å². The molecule has 94 valence electrons. The Hall–Kier alpha value is -1.78. The van der Waals surface area contributed by atoms with Gasteiger partial charge >= 0.3 is 5.97 Å². The molecule has 0 atom stereocenters. The number of aromatic carboxylic acids is 1. The number of hydrogen-bond donors (Lipinski definition) is 2. The topological polar surface area (TPSA) is 79.5 Å². The zero-order valence-corrected chi connectivity index (χ0v) is 10.7. The van der Waals surface area contributed by atoms with E-state index in [0.717, 1.165) is 6.54 Å². The van der Waals surface area contributed by atoms with Crippen LogP contribution in [-0.2, 0) is 0 Å². The lowest BCUT2D eigenvalue weighted by atomic mass is 9.96. The molecule has 3 N–H and O–H groups in total. The Balaban J connectivity index is 3.00. The number of anilines is 2. The van der Waals surface area contributed by atoms with Crippen LogP contribution in [0.3, 0.4) is 0 Å². The lowest BCUT2D eigenvalue weighted by Gasteiger charge is -2.27. The first-order valence-corrected chi connectivity index (χ1v) is 5.40. The van der Waals surface area contributed by atoms with Gasteiger partial charge in [-0.1, -0.05) is 20.8 Å². The molecule has 0 amide bonds. The first-order valence-electron chi connectivity index (χ1n) is 5.40. The molecule has 5 heteroatoms. The van der Waals surface area contributed by atoms with E-state index in [-0.39, 0.29) is 16.7 Å². The zero-order valence-electron chi connectivity index (χ0n) is 10.7. The summed E-state index contributed by atoms with van der Waals surface area (Å²) in [4.78, 5) is 17.0. The van der Waals surface area contributed by atoms with E-state index >= 15 is 0 Å². The molecule has 0 aliphatic heterocycles.